The first kappa shape index (κ1) is 21.3. The van der Waals surface area contributed by atoms with Crippen LogP contribution < -0.4 is 4.74 Å². The molecule has 0 atom stereocenters. The van der Waals surface area contributed by atoms with Crippen LogP contribution in [0.5, 0.6) is 5.75 Å². The maximum absolute atomic E-state index is 12.7. The second kappa shape index (κ2) is 8.97. The van der Waals surface area contributed by atoms with Crippen molar-refractivity contribution >= 4 is 33.3 Å². The summed E-state index contributed by atoms with van der Waals surface area (Å²) in [4.78, 5) is 16.0. The normalized spacial score (nSPS) is 11.3. The molecule has 0 amide bonds. The molecule has 0 saturated heterocycles. The summed E-state index contributed by atoms with van der Waals surface area (Å²) in [5, 5.41) is -0.0414. The molecule has 2 aromatic carbocycles. The number of carbonyl (C=O) groups excluding carboxylic acids is 1. The van der Waals surface area contributed by atoms with Gasteiger partial charge >= 0.3 is 6.18 Å². The van der Waals surface area contributed by atoms with Gasteiger partial charge in [0.15, 0.2) is 12.4 Å². The van der Waals surface area contributed by atoms with E-state index in [0.29, 0.717) is 17.0 Å². The molecule has 0 saturated carbocycles. The number of carbonyl (C=O) groups is 1. The minimum absolute atomic E-state index is 0.0414. The van der Waals surface area contributed by atoms with E-state index in [4.69, 9.17) is 16.3 Å². The minimum atomic E-state index is -4.48. The standard InChI is InChI=1S/C21H14BrClF3NO2/c22-16-5-3-14(4-6-16)20(28)12-29-17-7-1-13(2-8-17)9-19-18(23)10-15(11-27-19)21(24,25)26/h1-8,10-11H,9,12H2. The number of halogens is 5. The molecule has 3 rings (SSSR count). The van der Waals surface area contributed by atoms with Gasteiger partial charge in [0.25, 0.3) is 0 Å². The lowest BCUT2D eigenvalue weighted by molar-refractivity contribution is -0.137. The zero-order valence-corrected chi connectivity index (χ0v) is 17.2. The van der Waals surface area contributed by atoms with Crippen LogP contribution in [0.15, 0.2) is 65.3 Å². The lowest BCUT2D eigenvalue weighted by atomic mass is 10.1. The van der Waals surface area contributed by atoms with Crippen molar-refractivity contribution in [1.82, 2.24) is 4.98 Å². The van der Waals surface area contributed by atoms with E-state index in [2.05, 4.69) is 20.9 Å². The van der Waals surface area contributed by atoms with E-state index in [1.165, 1.54) is 0 Å². The van der Waals surface area contributed by atoms with Crippen molar-refractivity contribution in [2.45, 2.75) is 12.6 Å². The van der Waals surface area contributed by atoms with E-state index in [0.717, 1.165) is 22.3 Å². The molecule has 0 aliphatic carbocycles. The Balaban J connectivity index is 1.60. The number of pyridine rings is 1. The van der Waals surface area contributed by atoms with Crippen LogP contribution in [-0.4, -0.2) is 17.4 Å². The summed E-state index contributed by atoms with van der Waals surface area (Å²) in [6.07, 6.45) is -3.44. The van der Waals surface area contributed by atoms with Crippen LogP contribution in [0.2, 0.25) is 5.02 Å². The average Bonchev–Trinajstić information content (AvgIpc) is 2.68. The summed E-state index contributed by atoms with van der Waals surface area (Å²) in [5.74, 6) is 0.355. The molecule has 0 bridgehead atoms. The van der Waals surface area contributed by atoms with Crippen LogP contribution in [0.3, 0.4) is 0 Å². The third kappa shape index (κ3) is 5.81. The number of ketones is 1. The number of alkyl halides is 3. The van der Waals surface area contributed by atoms with Crippen molar-refractivity contribution < 1.29 is 22.7 Å². The molecular formula is C21H14BrClF3NO2. The third-order valence-electron chi connectivity index (χ3n) is 4.08. The van der Waals surface area contributed by atoms with Crippen molar-refractivity contribution in [3.63, 3.8) is 0 Å². The van der Waals surface area contributed by atoms with E-state index in [9.17, 15) is 18.0 Å². The number of hydrogen-bond acceptors (Lipinski definition) is 3. The fourth-order valence-electron chi connectivity index (χ4n) is 2.52. The second-order valence-electron chi connectivity index (χ2n) is 6.19. The van der Waals surface area contributed by atoms with Gasteiger partial charge in [-0.05, 0) is 35.9 Å². The lowest BCUT2D eigenvalue weighted by Gasteiger charge is -2.10. The maximum atomic E-state index is 12.7. The smallest absolute Gasteiger partial charge is 0.417 e. The molecule has 8 heteroatoms. The van der Waals surface area contributed by atoms with Crippen molar-refractivity contribution in [2.75, 3.05) is 6.61 Å². The molecule has 150 valence electrons. The predicted molar refractivity (Wildman–Crippen MR) is 107 cm³/mol. The number of aromatic nitrogens is 1. The molecule has 0 radical (unpaired) electrons. The summed E-state index contributed by atoms with van der Waals surface area (Å²) in [6, 6.07) is 14.7. The van der Waals surface area contributed by atoms with Gasteiger partial charge in [-0.2, -0.15) is 13.2 Å². The van der Waals surface area contributed by atoms with Crippen LogP contribution in [0, 0.1) is 0 Å². The van der Waals surface area contributed by atoms with Gasteiger partial charge in [-0.1, -0.05) is 51.8 Å². The molecule has 0 aliphatic rings. The van der Waals surface area contributed by atoms with Crippen LogP contribution in [0.25, 0.3) is 0 Å². The molecule has 0 spiro atoms. The quantitative estimate of drug-likeness (QED) is 0.382. The highest BCUT2D eigenvalue weighted by Gasteiger charge is 2.31. The molecule has 0 N–H and O–H groups in total. The number of nitrogens with zero attached hydrogens (tertiary/aromatic N) is 1. The Morgan fingerprint density at radius 1 is 1.07 bits per heavy atom. The zero-order valence-electron chi connectivity index (χ0n) is 14.8. The summed E-state index contributed by atoms with van der Waals surface area (Å²) in [6.45, 7) is -0.104. The monoisotopic (exact) mass is 483 g/mol. The van der Waals surface area contributed by atoms with E-state index >= 15 is 0 Å². The van der Waals surface area contributed by atoms with E-state index in [-0.39, 0.29) is 23.8 Å². The molecule has 3 nitrogen and oxygen atoms in total. The largest absolute Gasteiger partial charge is 0.485 e. The van der Waals surface area contributed by atoms with E-state index in [1.54, 1.807) is 48.5 Å². The van der Waals surface area contributed by atoms with E-state index in [1.807, 2.05) is 0 Å². The molecule has 1 heterocycles. The third-order valence-corrected chi connectivity index (χ3v) is 4.93. The highest BCUT2D eigenvalue weighted by Crippen LogP contribution is 2.31. The molecule has 0 unspecified atom stereocenters. The Morgan fingerprint density at radius 2 is 1.72 bits per heavy atom. The van der Waals surface area contributed by atoms with Gasteiger partial charge in [-0.3, -0.25) is 9.78 Å². The molecule has 3 aromatic rings. The van der Waals surface area contributed by atoms with Gasteiger partial charge in [0.2, 0.25) is 0 Å². The fourth-order valence-corrected chi connectivity index (χ4v) is 3.01. The number of Topliss-reactive ketones (excluding diaryl/α,β-unsaturated/α-hetero) is 1. The van der Waals surface area contributed by atoms with Gasteiger partial charge < -0.3 is 4.74 Å². The number of benzene rings is 2. The number of ether oxygens (including phenoxy) is 1. The molecular weight excluding hydrogens is 471 g/mol. The Kier molecular flexibility index (Phi) is 6.59. The number of hydrogen-bond donors (Lipinski definition) is 0. The van der Waals surface area contributed by atoms with Crippen molar-refractivity contribution in [1.29, 1.82) is 0 Å². The summed E-state index contributed by atoms with van der Waals surface area (Å²) < 4.78 is 44.5. The molecule has 0 aliphatic heterocycles. The highest BCUT2D eigenvalue weighted by atomic mass is 79.9. The molecule has 1 aromatic heterocycles. The average molecular weight is 485 g/mol. The summed E-state index contributed by atoms with van der Waals surface area (Å²) in [5.41, 5.74) is 0.808. The van der Waals surface area contributed by atoms with Crippen LogP contribution >= 0.6 is 27.5 Å². The van der Waals surface area contributed by atoms with Crippen molar-refractivity contribution in [3.05, 3.63) is 92.7 Å². The Bertz CT molecular complexity index is 1010. The SMILES string of the molecule is O=C(COc1ccc(Cc2ncc(C(F)(F)F)cc2Cl)cc1)c1ccc(Br)cc1. The second-order valence-corrected chi connectivity index (χ2v) is 7.51. The maximum Gasteiger partial charge on any atom is 0.417 e. The lowest BCUT2D eigenvalue weighted by Crippen LogP contribution is -2.11. The van der Waals surface area contributed by atoms with Crippen molar-refractivity contribution in [3.8, 4) is 5.75 Å². The van der Waals surface area contributed by atoms with Gasteiger partial charge in [0.1, 0.15) is 5.75 Å². The predicted octanol–water partition coefficient (Wildman–Crippen LogP) is 6.37. The summed E-state index contributed by atoms with van der Waals surface area (Å²) >= 11 is 9.25. The number of rotatable bonds is 6. The first-order chi connectivity index (χ1) is 13.7. The zero-order chi connectivity index (χ0) is 21.0. The van der Waals surface area contributed by atoms with Crippen molar-refractivity contribution in [2.24, 2.45) is 0 Å². The first-order valence-corrected chi connectivity index (χ1v) is 9.61. The van der Waals surface area contributed by atoms with Gasteiger partial charge in [0, 0.05) is 22.7 Å². The molecule has 0 fully saturated rings. The van der Waals surface area contributed by atoms with Gasteiger partial charge in [-0.15, -0.1) is 0 Å². The van der Waals surface area contributed by atoms with Gasteiger partial charge in [0.05, 0.1) is 16.3 Å². The van der Waals surface area contributed by atoms with E-state index < -0.39 is 11.7 Å². The highest BCUT2D eigenvalue weighted by molar-refractivity contribution is 9.10. The summed E-state index contributed by atoms with van der Waals surface area (Å²) in [7, 11) is 0. The first-order valence-electron chi connectivity index (χ1n) is 8.44. The molecule has 29 heavy (non-hydrogen) atoms. The van der Waals surface area contributed by atoms with Crippen LogP contribution in [-0.2, 0) is 12.6 Å². The van der Waals surface area contributed by atoms with Crippen LogP contribution in [0.4, 0.5) is 13.2 Å². The van der Waals surface area contributed by atoms with Gasteiger partial charge in [-0.25, -0.2) is 0 Å². The topological polar surface area (TPSA) is 39.2 Å². The Labute approximate surface area is 178 Å². The Morgan fingerprint density at radius 3 is 2.31 bits per heavy atom. The van der Waals surface area contributed by atoms with Crippen LogP contribution in [0.1, 0.15) is 27.2 Å². The Hall–Kier alpha value is -2.38. The fraction of sp³-hybridized carbons (Fsp3) is 0.143. The minimum Gasteiger partial charge on any atom is -0.485 e.